The van der Waals surface area contributed by atoms with Gasteiger partial charge < -0.3 is 20.1 Å². The van der Waals surface area contributed by atoms with Gasteiger partial charge in [-0.05, 0) is 80.2 Å². The fourth-order valence-corrected chi connectivity index (χ4v) is 7.13. The number of hydrogen-bond acceptors (Lipinski definition) is 8. The van der Waals surface area contributed by atoms with E-state index >= 15 is 4.39 Å². The van der Waals surface area contributed by atoms with E-state index in [1.807, 2.05) is 31.5 Å². The Kier molecular flexibility index (Phi) is 9.64. The Morgan fingerprint density at radius 2 is 1.98 bits per heavy atom. The van der Waals surface area contributed by atoms with Gasteiger partial charge in [0.2, 0.25) is 11.8 Å². The van der Waals surface area contributed by atoms with Crippen molar-refractivity contribution in [2.24, 2.45) is 0 Å². The molecule has 1 aliphatic heterocycles. The number of carbonyl (C=O) groups is 2. The van der Waals surface area contributed by atoms with Crippen LogP contribution in [0.3, 0.4) is 0 Å². The second-order valence-corrected chi connectivity index (χ2v) is 13.5. The molecule has 254 valence electrons. The van der Waals surface area contributed by atoms with Crippen LogP contribution in [0.2, 0.25) is 0 Å². The number of aliphatic hydroxyl groups is 1. The molecule has 6 rings (SSSR count). The molecule has 2 amide bonds. The van der Waals surface area contributed by atoms with Crippen molar-refractivity contribution < 1.29 is 23.8 Å². The standard InChI is InChI=1S/C37H39FN6O4S/c1-7-31(46)39-21(3)27-17-28(42-41-27)35-32(33-26(38)9-8-10-30(33)48-19-20(2)45)25-13-14-49-36(25)34(40-35)23-12-11-22-16-29(37(47)43(4)5)44(6)18-24(22)15-23/h7-15,17,20-21,29,45H,1,16,18-19H2,2-6H3,(H,39,46)(H,41,42)/t20-,21-,29+/m1/s1. The number of hydrogen-bond donors (Lipinski definition) is 3. The third-order valence-corrected chi connectivity index (χ3v) is 9.66. The number of thiophene rings is 1. The van der Waals surface area contributed by atoms with Gasteiger partial charge in [-0.1, -0.05) is 24.8 Å². The molecule has 5 aromatic rings. The molecule has 0 aliphatic carbocycles. The highest BCUT2D eigenvalue weighted by molar-refractivity contribution is 7.17. The molecule has 10 nitrogen and oxygen atoms in total. The van der Waals surface area contributed by atoms with Gasteiger partial charge in [0.25, 0.3) is 0 Å². The number of amides is 2. The molecule has 2 aromatic carbocycles. The van der Waals surface area contributed by atoms with E-state index < -0.39 is 18.0 Å². The maximum absolute atomic E-state index is 16.0. The van der Waals surface area contributed by atoms with Gasteiger partial charge >= 0.3 is 0 Å². The van der Waals surface area contributed by atoms with E-state index in [9.17, 15) is 14.7 Å². The number of fused-ring (bicyclic) bond motifs is 2. The summed E-state index contributed by atoms with van der Waals surface area (Å²) in [5.41, 5.74) is 6.02. The van der Waals surface area contributed by atoms with Crippen LogP contribution in [0.5, 0.6) is 5.75 Å². The Bertz CT molecular complexity index is 2050. The fraction of sp³-hybridized carbons (Fsp3) is 0.297. The Hall–Kier alpha value is -4.91. The number of ether oxygens (including phenoxy) is 1. The largest absolute Gasteiger partial charge is 0.490 e. The molecule has 4 heterocycles. The van der Waals surface area contributed by atoms with Gasteiger partial charge in [0.05, 0.1) is 45.5 Å². The highest BCUT2D eigenvalue weighted by Gasteiger charge is 2.31. The predicted octanol–water partition coefficient (Wildman–Crippen LogP) is 5.73. The average molecular weight is 683 g/mol. The Morgan fingerprint density at radius 1 is 1.18 bits per heavy atom. The monoisotopic (exact) mass is 682 g/mol. The van der Waals surface area contributed by atoms with Crippen LogP contribution in [0.25, 0.3) is 43.9 Å². The molecule has 0 bridgehead atoms. The van der Waals surface area contributed by atoms with Crippen molar-refractivity contribution in [2.75, 3.05) is 27.7 Å². The van der Waals surface area contributed by atoms with E-state index in [0.29, 0.717) is 41.3 Å². The van der Waals surface area contributed by atoms with Gasteiger partial charge in [-0.2, -0.15) is 5.10 Å². The van der Waals surface area contributed by atoms with E-state index in [1.165, 1.54) is 23.5 Å². The van der Waals surface area contributed by atoms with Crippen LogP contribution in [0.4, 0.5) is 4.39 Å². The number of benzene rings is 2. The van der Waals surface area contributed by atoms with Crippen molar-refractivity contribution in [1.82, 2.24) is 30.3 Å². The number of aromatic nitrogens is 3. The number of aliphatic hydroxyl groups excluding tert-OH is 1. The second kappa shape index (κ2) is 13.9. The molecule has 0 saturated heterocycles. The van der Waals surface area contributed by atoms with E-state index in [0.717, 1.165) is 26.8 Å². The summed E-state index contributed by atoms with van der Waals surface area (Å²) in [5, 5.41) is 23.1. The lowest BCUT2D eigenvalue weighted by Gasteiger charge is -2.34. The lowest BCUT2D eigenvalue weighted by molar-refractivity contribution is -0.134. The molecule has 0 fully saturated rings. The highest BCUT2D eigenvalue weighted by atomic mass is 32.1. The van der Waals surface area contributed by atoms with Crippen LogP contribution in [-0.2, 0) is 22.6 Å². The number of aromatic amines is 1. The molecule has 3 aromatic heterocycles. The van der Waals surface area contributed by atoms with Gasteiger partial charge in [-0.15, -0.1) is 11.3 Å². The van der Waals surface area contributed by atoms with E-state index in [2.05, 4.69) is 39.1 Å². The lowest BCUT2D eigenvalue weighted by Crippen LogP contribution is -2.48. The summed E-state index contributed by atoms with van der Waals surface area (Å²) in [6.07, 6.45) is 1.04. The molecule has 3 N–H and O–H groups in total. The summed E-state index contributed by atoms with van der Waals surface area (Å²) in [6, 6.07) is 13.9. The Labute approximate surface area is 288 Å². The smallest absolute Gasteiger partial charge is 0.243 e. The minimum Gasteiger partial charge on any atom is -0.490 e. The first-order chi connectivity index (χ1) is 23.5. The topological polar surface area (TPSA) is 124 Å². The summed E-state index contributed by atoms with van der Waals surface area (Å²) in [5.74, 6) is -0.495. The first kappa shape index (κ1) is 34.0. The van der Waals surface area contributed by atoms with Crippen molar-refractivity contribution in [1.29, 1.82) is 0 Å². The Balaban J connectivity index is 1.54. The predicted molar refractivity (Wildman–Crippen MR) is 190 cm³/mol. The maximum atomic E-state index is 16.0. The van der Waals surface area contributed by atoms with Crippen molar-refractivity contribution in [2.45, 2.75) is 45.0 Å². The SMILES string of the molecule is C=CC(=O)N[C@H](C)c1cc(-c2nc(-c3ccc4c(c3)CN(C)[C@H](C(=O)N(C)C)C4)c3sccc3c2-c2c(F)cccc2OC[C@@H](C)O)n[nH]1. The molecule has 0 spiro atoms. The summed E-state index contributed by atoms with van der Waals surface area (Å²) in [6.45, 7) is 7.53. The van der Waals surface area contributed by atoms with Crippen molar-refractivity contribution in [3.05, 3.63) is 89.2 Å². The molecule has 0 unspecified atom stereocenters. The van der Waals surface area contributed by atoms with Crippen LogP contribution in [0, 0.1) is 5.82 Å². The number of rotatable bonds is 10. The number of likely N-dealkylation sites (N-methyl/N-ethyl adjacent to an activating group) is 2. The quantitative estimate of drug-likeness (QED) is 0.161. The van der Waals surface area contributed by atoms with Gasteiger partial charge in [-0.25, -0.2) is 9.37 Å². The van der Waals surface area contributed by atoms with Crippen molar-refractivity contribution >= 4 is 33.2 Å². The van der Waals surface area contributed by atoms with Crippen LogP contribution >= 0.6 is 11.3 Å². The molecule has 49 heavy (non-hydrogen) atoms. The summed E-state index contributed by atoms with van der Waals surface area (Å²) < 4.78 is 22.8. The van der Waals surface area contributed by atoms with Crippen LogP contribution < -0.4 is 10.1 Å². The van der Waals surface area contributed by atoms with Crippen LogP contribution in [0.1, 0.15) is 36.7 Å². The molecule has 12 heteroatoms. The van der Waals surface area contributed by atoms with Gasteiger partial charge in [-0.3, -0.25) is 19.6 Å². The van der Waals surface area contributed by atoms with Gasteiger partial charge in [0, 0.05) is 37.2 Å². The molecule has 0 saturated carbocycles. The first-order valence-corrected chi connectivity index (χ1v) is 16.9. The number of H-pyrrole nitrogens is 1. The first-order valence-electron chi connectivity index (χ1n) is 16.0. The van der Waals surface area contributed by atoms with Crippen molar-refractivity contribution in [3.8, 4) is 39.5 Å². The third kappa shape index (κ3) is 6.71. The number of nitrogens with one attached hydrogen (secondary N) is 2. The normalized spacial score (nSPS) is 15.8. The zero-order chi connectivity index (χ0) is 35.0. The van der Waals surface area contributed by atoms with Crippen LogP contribution in [0.15, 0.2) is 66.6 Å². The number of nitrogens with zero attached hydrogens (tertiary/aromatic N) is 4. The lowest BCUT2D eigenvalue weighted by atomic mass is 9.90. The fourth-order valence-electron chi connectivity index (χ4n) is 6.21. The summed E-state index contributed by atoms with van der Waals surface area (Å²) >= 11 is 1.50. The zero-order valence-electron chi connectivity index (χ0n) is 28.1. The molecule has 0 radical (unpaired) electrons. The summed E-state index contributed by atoms with van der Waals surface area (Å²) in [7, 11) is 5.51. The maximum Gasteiger partial charge on any atom is 0.243 e. The minimum atomic E-state index is -0.766. The van der Waals surface area contributed by atoms with E-state index in [-0.39, 0.29) is 35.8 Å². The summed E-state index contributed by atoms with van der Waals surface area (Å²) in [4.78, 5) is 33.9. The van der Waals surface area contributed by atoms with Crippen LogP contribution in [-0.4, -0.2) is 81.8 Å². The van der Waals surface area contributed by atoms with E-state index in [1.54, 1.807) is 44.1 Å². The number of carbonyl (C=O) groups excluding carboxylic acids is 2. The molecule has 3 atom stereocenters. The van der Waals surface area contributed by atoms with Gasteiger partial charge in [0.1, 0.15) is 23.9 Å². The molecular formula is C37H39FN6O4S. The number of halogens is 1. The van der Waals surface area contributed by atoms with Gasteiger partial charge in [0.15, 0.2) is 0 Å². The highest BCUT2D eigenvalue weighted by Crippen LogP contribution is 2.46. The minimum absolute atomic E-state index is 0.0261. The third-order valence-electron chi connectivity index (χ3n) is 8.74. The average Bonchev–Trinajstić information content (AvgIpc) is 3.77. The second-order valence-electron chi connectivity index (χ2n) is 12.6. The molecular weight excluding hydrogens is 644 g/mol. The number of pyridine rings is 1. The zero-order valence-corrected chi connectivity index (χ0v) is 28.9. The Morgan fingerprint density at radius 3 is 2.71 bits per heavy atom. The molecule has 1 aliphatic rings. The van der Waals surface area contributed by atoms with E-state index in [4.69, 9.17) is 9.72 Å². The van der Waals surface area contributed by atoms with Crippen molar-refractivity contribution in [3.63, 3.8) is 0 Å².